The SMILES string of the molecule is COC(=O)[C@@H]1CN(c2ccc(=O)[nH]n2)CC1c1ccc(OC)cc1F. The number of aromatic nitrogens is 2. The topological polar surface area (TPSA) is 84.5 Å². The summed E-state index contributed by atoms with van der Waals surface area (Å²) in [5.74, 6) is -0.853. The largest absolute Gasteiger partial charge is 0.497 e. The van der Waals surface area contributed by atoms with Gasteiger partial charge in [0.25, 0.3) is 5.56 Å². The molecule has 1 unspecified atom stereocenters. The molecule has 0 aliphatic carbocycles. The smallest absolute Gasteiger partial charge is 0.311 e. The van der Waals surface area contributed by atoms with E-state index in [9.17, 15) is 14.0 Å². The molecular weight excluding hydrogens is 329 g/mol. The minimum absolute atomic E-state index is 0.315. The Morgan fingerprint density at radius 2 is 2.08 bits per heavy atom. The van der Waals surface area contributed by atoms with Crippen LogP contribution >= 0.6 is 0 Å². The minimum Gasteiger partial charge on any atom is -0.497 e. The number of benzene rings is 1. The maximum Gasteiger partial charge on any atom is 0.311 e. The van der Waals surface area contributed by atoms with Gasteiger partial charge in [0.1, 0.15) is 17.4 Å². The number of ether oxygens (including phenoxy) is 2. The third-order valence-electron chi connectivity index (χ3n) is 4.42. The summed E-state index contributed by atoms with van der Waals surface area (Å²) in [6.07, 6.45) is 0. The first kappa shape index (κ1) is 16.9. The zero-order chi connectivity index (χ0) is 18.0. The van der Waals surface area contributed by atoms with Crippen molar-refractivity contribution in [2.24, 2.45) is 5.92 Å². The monoisotopic (exact) mass is 347 g/mol. The Bertz CT molecular complexity index is 818. The van der Waals surface area contributed by atoms with E-state index in [-0.39, 0.29) is 5.56 Å². The highest BCUT2D eigenvalue weighted by Gasteiger charge is 2.41. The molecule has 0 bridgehead atoms. The van der Waals surface area contributed by atoms with Gasteiger partial charge in [0.2, 0.25) is 0 Å². The summed E-state index contributed by atoms with van der Waals surface area (Å²) in [6.45, 7) is 0.698. The molecule has 7 nitrogen and oxygen atoms in total. The number of methoxy groups -OCH3 is 2. The molecule has 1 aliphatic heterocycles. The first-order valence-corrected chi connectivity index (χ1v) is 7.75. The molecule has 1 N–H and O–H groups in total. The van der Waals surface area contributed by atoms with E-state index in [0.717, 1.165) is 0 Å². The van der Waals surface area contributed by atoms with E-state index >= 15 is 0 Å². The van der Waals surface area contributed by atoms with Crippen molar-refractivity contribution >= 4 is 11.8 Å². The number of esters is 1. The molecule has 0 spiro atoms. The molecule has 25 heavy (non-hydrogen) atoms. The quantitative estimate of drug-likeness (QED) is 0.840. The number of nitrogens with one attached hydrogen (secondary N) is 1. The Kier molecular flexibility index (Phi) is 4.69. The molecule has 1 fully saturated rings. The van der Waals surface area contributed by atoms with Crippen LogP contribution in [0.1, 0.15) is 11.5 Å². The van der Waals surface area contributed by atoms with Crippen molar-refractivity contribution in [2.45, 2.75) is 5.92 Å². The standard InChI is InChI=1S/C17H18FN3O4/c1-24-10-3-4-11(14(18)7-10)12-8-21(9-13(12)17(23)25-2)15-5-6-16(22)20-19-15/h3-7,12-13H,8-9H2,1-2H3,(H,20,22)/t12?,13-/m1/s1. The van der Waals surface area contributed by atoms with E-state index in [4.69, 9.17) is 9.47 Å². The highest BCUT2D eigenvalue weighted by molar-refractivity contribution is 5.75. The van der Waals surface area contributed by atoms with Gasteiger partial charge in [-0.25, -0.2) is 9.49 Å². The van der Waals surface area contributed by atoms with Crippen molar-refractivity contribution in [3.8, 4) is 5.75 Å². The van der Waals surface area contributed by atoms with Gasteiger partial charge in [-0.1, -0.05) is 6.07 Å². The Morgan fingerprint density at radius 3 is 2.68 bits per heavy atom. The van der Waals surface area contributed by atoms with Crippen LogP contribution in [0, 0.1) is 11.7 Å². The van der Waals surface area contributed by atoms with Crippen molar-refractivity contribution in [1.29, 1.82) is 0 Å². The molecule has 2 atom stereocenters. The highest BCUT2D eigenvalue weighted by atomic mass is 19.1. The second-order valence-corrected chi connectivity index (χ2v) is 5.81. The number of hydrogen-bond donors (Lipinski definition) is 1. The predicted octanol–water partition coefficient (Wildman–Crippen LogP) is 1.31. The van der Waals surface area contributed by atoms with Gasteiger partial charge in [0.05, 0.1) is 20.1 Å². The molecule has 1 aromatic heterocycles. The van der Waals surface area contributed by atoms with E-state index in [1.54, 1.807) is 18.2 Å². The van der Waals surface area contributed by atoms with Crippen molar-refractivity contribution in [3.63, 3.8) is 0 Å². The van der Waals surface area contributed by atoms with Crippen LogP contribution in [0.25, 0.3) is 0 Å². The first-order chi connectivity index (χ1) is 12.0. The van der Waals surface area contributed by atoms with Gasteiger partial charge in [-0.2, -0.15) is 5.10 Å². The lowest BCUT2D eigenvalue weighted by Gasteiger charge is -2.18. The third-order valence-corrected chi connectivity index (χ3v) is 4.42. The van der Waals surface area contributed by atoms with Crippen LogP contribution in [0.5, 0.6) is 5.75 Å². The van der Waals surface area contributed by atoms with Crippen LogP contribution in [-0.2, 0) is 9.53 Å². The fourth-order valence-corrected chi connectivity index (χ4v) is 3.15. The maximum atomic E-state index is 14.5. The fraction of sp³-hybridized carbons (Fsp3) is 0.353. The number of rotatable bonds is 4. The van der Waals surface area contributed by atoms with Crippen LogP contribution < -0.4 is 15.2 Å². The molecule has 3 rings (SSSR count). The number of anilines is 1. The summed E-state index contributed by atoms with van der Waals surface area (Å²) >= 11 is 0. The second kappa shape index (κ2) is 6.92. The zero-order valence-corrected chi connectivity index (χ0v) is 13.9. The van der Waals surface area contributed by atoms with E-state index < -0.39 is 23.6 Å². The molecule has 132 valence electrons. The number of hydrogen-bond acceptors (Lipinski definition) is 6. The lowest BCUT2D eigenvalue weighted by Crippen LogP contribution is -2.25. The first-order valence-electron chi connectivity index (χ1n) is 7.75. The van der Waals surface area contributed by atoms with Gasteiger partial charge in [-0.15, -0.1) is 0 Å². The average molecular weight is 347 g/mol. The Hall–Kier alpha value is -2.90. The summed E-state index contributed by atoms with van der Waals surface area (Å²) in [6, 6.07) is 7.51. The van der Waals surface area contributed by atoms with Crippen molar-refractivity contribution < 1.29 is 18.7 Å². The molecule has 2 heterocycles. The van der Waals surface area contributed by atoms with Crippen LogP contribution in [0.2, 0.25) is 0 Å². The van der Waals surface area contributed by atoms with Crippen molar-refractivity contribution in [1.82, 2.24) is 10.2 Å². The number of nitrogens with zero attached hydrogens (tertiary/aromatic N) is 2. The van der Waals surface area contributed by atoms with Gasteiger partial charge in [0.15, 0.2) is 0 Å². The normalized spacial score (nSPS) is 19.7. The number of H-pyrrole nitrogens is 1. The molecule has 8 heteroatoms. The molecule has 0 saturated carbocycles. The summed E-state index contributed by atoms with van der Waals surface area (Å²) in [5.41, 5.74) is 0.105. The zero-order valence-electron chi connectivity index (χ0n) is 13.9. The van der Waals surface area contributed by atoms with E-state index in [2.05, 4.69) is 10.2 Å². The van der Waals surface area contributed by atoms with Crippen LogP contribution in [0.15, 0.2) is 35.1 Å². The average Bonchev–Trinajstić information content (AvgIpc) is 3.06. The minimum atomic E-state index is -0.540. The maximum absolute atomic E-state index is 14.5. The number of carbonyl (C=O) groups is 1. The van der Waals surface area contributed by atoms with Crippen LogP contribution in [-0.4, -0.2) is 43.5 Å². The summed E-state index contributed by atoms with van der Waals surface area (Å²) in [7, 11) is 2.77. The fourth-order valence-electron chi connectivity index (χ4n) is 3.15. The van der Waals surface area contributed by atoms with Crippen LogP contribution in [0.4, 0.5) is 10.2 Å². The molecule has 1 aliphatic rings. The van der Waals surface area contributed by atoms with E-state index in [1.165, 1.54) is 26.4 Å². The van der Waals surface area contributed by atoms with Gasteiger partial charge in [0, 0.05) is 31.1 Å². The number of halogens is 1. The molecular formula is C17H18FN3O4. The molecule has 0 radical (unpaired) electrons. The van der Waals surface area contributed by atoms with Gasteiger partial charge in [-0.05, 0) is 17.7 Å². The lowest BCUT2D eigenvalue weighted by molar-refractivity contribution is -0.145. The highest BCUT2D eigenvalue weighted by Crippen LogP contribution is 2.37. The van der Waals surface area contributed by atoms with E-state index in [0.29, 0.717) is 30.2 Å². The summed E-state index contributed by atoms with van der Waals surface area (Å²) in [4.78, 5) is 25.2. The Morgan fingerprint density at radius 1 is 1.28 bits per heavy atom. The summed E-state index contributed by atoms with van der Waals surface area (Å²) in [5, 5.41) is 6.34. The second-order valence-electron chi connectivity index (χ2n) is 5.81. The Balaban J connectivity index is 1.94. The lowest BCUT2D eigenvalue weighted by atomic mass is 9.88. The number of aromatic amines is 1. The molecule has 2 aromatic rings. The number of carbonyl (C=O) groups excluding carboxylic acids is 1. The van der Waals surface area contributed by atoms with E-state index in [1.807, 2.05) is 4.90 Å². The van der Waals surface area contributed by atoms with Crippen molar-refractivity contribution in [3.05, 3.63) is 52.1 Å². The predicted molar refractivity (Wildman–Crippen MR) is 88.3 cm³/mol. The van der Waals surface area contributed by atoms with Gasteiger partial charge < -0.3 is 14.4 Å². The molecule has 1 saturated heterocycles. The molecule has 1 aromatic carbocycles. The van der Waals surface area contributed by atoms with Gasteiger partial charge >= 0.3 is 5.97 Å². The third kappa shape index (κ3) is 3.33. The Labute approximate surface area is 143 Å². The van der Waals surface area contributed by atoms with Crippen LogP contribution in [0.3, 0.4) is 0 Å². The van der Waals surface area contributed by atoms with Crippen molar-refractivity contribution in [2.75, 3.05) is 32.2 Å². The summed E-state index contributed by atoms with van der Waals surface area (Å²) < 4.78 is 24.4. The van der Waals surface area contributed by atoms with Gasteiger partial charge in [-0.3, -0.25) is 9.59 Å². The molecule has 0 amide bonds.